The van der Waals surface area contributed by atoms with Crippen molar-refractivity contribution in [1.82, 2.24) is 9.97 Å². The fourth-order valence-electron chi connectivity index (χ4n) is 3.18. The number of nitrogens with two attached hydrogens (primary N) is 1. The first-order chi connectivity index (χ1) is 9.20. The number of nitrogens with one attached hydrogen (secondary N) is 1. The van der Waals surface area contributed by atoms with Crippen LogP contribution in [0, 0.1) is 6.92 Å². The van der Waals surface area contributed by atoms with Gasteiger partial charge in [-0.1, -0.05) is 0 Å². The summed E-state index contributed by atoms with van der Waals surface area (Å²) in [7, 11) is 0. The first kappa shape index (κ1) is 11.5. The molecule has 0 radical (unpaired) electrons. The van der Waals surface area contributed by atoms with Crippen molar-refractivity contribution in [3.63, 3.8) is 0 Å². The Kier molecular flexibility index (Phi) is 2.45. The Balaban J connectivity index is 1.59. The molecule has 3 fully saturated rings. The summed E-state index contributed by atoms with van der Waals surface area (Å²) in [6.07, 6.45) is 6.65. The Hall–Kier alpha value is -1.36. The summed E-state index contributed by atoms with van der Waals surface area (Å²) in [5.41, 5.74) is 6.98. The van der Waals surface area contributed by atoms with Gasteiger partial charge in [0.2, 0.25) is 0 Å². The Morgan fingerprint density at radius 1 is 1.21 bits per heavy atom. The molecule has 3 unspecified atom stereocenters. The molecule has 5 heteroatoms. The molecule has 1 aliphatic carbocycles. The standard InChI is InChI=1S/C14H20N4O/c1-7-12(15)17-14(8-2-3-8)18-13(7)16-10-6-9-4-5-11(10)19-9/h8-11H,2-6H2,1H3,(H3,15,16,17,18). The molecule has 1 saturated carbocycles. The van der Waals surface area contributed by atoms with Crippen LogP contribution in [0.2, 0.25) is 0 Å². The van der Waals surface area contributed by atoms with Crippen LogP contribution in [0.15, 0.2) is 0 Å². The maximum absolute atomic E-state index is 6.01. The van der Waals surface area contributed by atoms with Gasteiger partial charge < -0.3 is 15.8 Å². The van der Waals surface area contributed by atoms with Gasteiger partial charge in [-0.2, -0.15) is 0 Å². The van der Waals surface area contributed by atoms with Crippen LogP contribution in [-0.4, -0.2) is 28.2 Å². The van der Waals surface area contributed by atoms with Crippen LogP contribution in [0.5, 0.6) is 0 Å². The van der Waals surface area contributed by atoms with Gasteiger partial charge in [-0.15, -0.1) is 0 Å². The van der Waals surface area contributed by atoms with Crippen molar-refractivity contribution in [2.24, 2.45) is 0 Å². The molecule has 3 aliphatic rings. The van der Waals surface area contributed by atoms with Gasteiger partial charge in [-0.05, 0) is 39.0 Å². The van der Waals surface area contributed by atoms with E-state index in [1.54, 1.807) is 0 Å². The summed E-state index contributed by atoms with van der Waals surface area (Å²) in [5.74, 6) is 2.97. The number of hydrogen-bond donors (Lipinski definition) is 2. The lowest BCUT2D eigenvalue weighted by atomic mass is 9.95. The van der Waals surface area contributed by atoms with Gasteiger partial charge in [-0.3, -0.25) is 0 Å². The molecular formula is C14H20N4O. The van der Waals surface area contributed by atoms with Gasteiger partial charge in [0, 0.05) is 11.5 Å². The van der Waals surface area contributed by atoms with E-state index >= 15 is 0 Å². The van der Waals surface area contributed by atoms with E-state index in [2.05, 4.69) is 15.3 Å². The lowest BCUT2D eigenvalue weighted by Gasteiger charge is -2.22. The average molecular weight is 260 g/mol. The highest BCUT2D eigenvalue weighted by Gasteiger charge is 2.41. The number of hydrogen-bond acceptors (Lipinski definition) is 5. The van der Waals surface area contributed by atoms with Crippen LogP contribution in [0.25, 0.3) is 0 Å². The van der Waals surface area contributed by atoms with E-state index in [0.29, 0.717) is 30.0 Å². The second kappa shape index (κ2) is 4.07. The number of nitrogen functional groups attached to an aromatic ring is 1. The van der Waals surface area contributed by atoms with Crippen LogP contribution in [0.1, 0.15) is 49.4 Å². The zero-order valence-electron chi connectivity index (χ0n) is 11.2. The summed E-state index contributed by atoms with van der Waals surface area (Å²) in [5, 5.41) is 3.55. The first-order valence-electron chi connectivity index (χ1n) is 7.26. The number of rotatable bonds is 3. The Morgan fingerprint density at radius 3 is 2.68 bits per heavy atom. The van der Waals surface area contributed by atoms with E-state index in [1.165, 1.54) is 19.3 Å². The van der Waals surface area contributed by atoms with Gasteiger partial charge in [0.25, 0.3) is 0 Å². The molecule has 0 amide bonds. The average Bonchev–Trinajstić information content (AvgIpc) is 3.05. The summed E-state index contributed by atoms with van der Waals surface area (Å²) in [6, 6.07) is 0.388. The molecule has 3 N–H and O–H groups in total. The highest BCUT2D eigenvalue weighted by Crippen LogP contribution is 2.40. The van der Waals surface area contributed by atoms with Crippen molar-refractivity contribution in [2.75, 3.05) is 11.1 Å². The van der Waals surface area contributed by atoms with Crippen LogP contribution in [-0.2, 0) is 4.74 Å². The Bertz CT molecular complexity index is 514. The van der Waals surface area contributed by atoms with Crippen LogP contribution in [0.4, 0.5) is 11.6 Å². The molecule has 1 aromatic heterocycles. The molecule has 4 rings (SSSR count). The van der Waals surface area contributed by atoms with E-state index in [-0.39, 0.29) is 0 Å². The van der Waals surface area contributed by atoms with E-state index < -0.39 is 0 Å². The number of nitrogens with zero attached hydrogens (tertiary/aromatic N) is 2. The molecule has 102 valence electrons. The normalized spacial score (nSPS) is 32.8. The van der Waals surface area contributed by atoms with Crippen LogP contribution in [0.3, 0.4) is 0 Å². The fraction of sp³-hybridized carbons (Fsp3) is 0.714. The van der Waals surface area contributed by atoms with E-state index in [1.807, 2.05) is 6.92 Å². The molecule has 1 aromatic rings. The van der Waals surface area contributed by atoms with Crippen molar-refractivity contribution >= 4 is 11.6 Å². The molecule has 3 atom stereocenters. The third-order valence-corrected chi connectivity index (χ3v) is 4.57. The zero-order valence-corrected chi connectivity index (χ0v) is 11.2. The molecule has 0 aromatic carbocycles. The monoisotopic (exact) mass is 260 g/mol. The molecular weight excluding hydrogens is 240 g/mol. The molecule has 2 bridgehead atoms. The van der Waals surface area contributed by atoms with Gasteiger partial charge in [-0.25, -0.2) is 9.97 Å². The Labute approximate surface area is 113 Å². The predicted octanol–water partition coefficient (Wildman–Crippen LogP) is 1.98. The maximum Gasteiger partial charge on any atom is 0.136 e. The number of aromatic nitrogens is 2. The third-order valence-electron chi connectivity index (χ3n) is 4.57. The van der Waals surface area contributed by atoms with Gasteiger partial charge in [0.05, 0.1) is 18.2 Å². The minimum atomic E-state index is 0.352. The summed E-state index contributed by atoms with van der Waals surface area (Å²) < 4.78 is 5.88. The highest BCUT2D eigenvalue weighted by molar-refractivity contribution is 5.56. The zero-order chi connectivity index (χ0) is 13.0. The molecule has 2 aliphatic heterocycles. The third kappa shape index (κ3) is 1.96. The van der Waals surface area contributed by atoms with Crippen molar-refractivity contribution in [1.29, 1.82) is 0 Å². The van der Waals surface area contributed by atoms with Crippen LogP contribution >= 0.6 is 0 Å². The molecule has 5 nitrogen and oxygen atoms in total. The second-order valence-corrected chi connectivity index (χ2v) is 6.08. The van der Waals surface area contributed by atoms with Crippen molar-refractivity contribution in [3.8, 4) is 0 Å². The SMILES string of the molecule is Cc1c(N)nc(C2CC2)nc1NC1CC2CCC1O2. The predicted molar refractivity (Wildman–Crippen MR) is 73.1 cm³/mol. The lowest BCUT2D eigenvalue weighted by molar-refractivity contribution is 0.102. The largest absolute Gasteiger partial charge is 0.383 e. The maximum atomic E-state index is 6.01. The number of ether oxygens (including phenoxy) is 1. The summed E-state index contributed by atoms with van der Waals surface area (Å²) >= 11 is 0. The summed E-state index contributed by atoms with van der Waals surface area (Å²) in [4.78, 5) is 9.10. The van der Waals surface area contributed by atoms with Crippen LogP contribution < -0.4 is 11.1 Å². The highest BCUT2D eigenvalue weighted by atomic mass is 16.5. The molecule has 2 saturated heterocycles. The topological polar surface area (TPSA) is 73.1 Å². The van der Waals surface area contributed by atoms with Gasteiger partial charge in [0.1, 0.15) is 17.5 Å². The smallest absolute Gasteiger partial charge is 0.136 e. The molecule has 3 heterocycles. The van der Waals surface area contributed by atoms with E-state index in [4.69, 9.17) is 10.5 Å². The van der Waals surface area contributed by atoms with Gasteiger partial charge >= 0.3 is 0 Å². The minimum Gasteiger partial charge on any atom is -0.383 e. The van der Waals surface area contributed by atoms with Gasteiger partial charge in [0.15, 0.2) is 0 Å². The molecule has 0 spiro atoms. The Morgan fingerprint density at radius 2 is 2.05 bits per heavy atom. The lowest BCUT2D eigenvalue weighted by Crippen LogP contribution is -2.31. The van der Waals surface area contributed by atoms with E-state index in [9.17, 15) is 0 Å². The summed E-state index contributed by atoms with van der Waals surface area (Å²) in [6.45, 7) is 1.99. The van der Waals surface area contributed by atoms with E-state index in [0.717, 1.165) is 30.0 Å². The first-order valence-corrected chi connectivity index (χ1v) is 7.26. The van der Waals surface area contributed by atoms with Crippen molar-refractivity contribution in [2.45, 2.75) is 63.2 Å². The van der Waals surface area contributed by atoms with Crippen molar-refractivity contribution in [3.05, 3.63) is 11.4 Å². The molecule has 19 heavy (non-hydrogen) atoms. The number of fused-ring (bicyclic) bond motifs is 2. The van der Waals surface area contributed by atoms with Crippen molar-refractivity contribution < 1.29 is 4.74 Å². The quantitative estimate of drug-likeness (QED) is 0.869. The second-order valence-electron chi connectivity index (χ2n) is 6.08. The minimum absolute atomic E-state index is 0.352. The fourth-order valence-corrected chi connectivity index (χ4v) is 3.18. The number of anilines is 2.